The third-order valence-corrected chi connectivity index (χ3v) is 7.13. The first-order chi connectivity index (χ1) is 19.7. The van der Waals surface area contributed by atoms with Crippen LogP contribution >= 0.6 is 0 Å². The number of rotatable bonds is 5. The van der Waals surface area contributed by atoms with E-state index >= 15 is 0 Å². The lowest BCUT2D eigenvalue weighted by molar-refractivity contribution is -0.143. The summed E-state index contributed by atoms with van der Waals surface area (Å²) in [6.07, 6.45) is -18.0. The van der Waals surface area contributed by atoms with Gasteiger partial charge in [0.1, 0.15) is 17.7 Å². The second-order valence-corrected chi connectivity index (χ2v) is 10.4. The van der Waals surface area contributed by atoms with Gasteiger partial charge in [-0.15, -0.1) is 0 Å². The van der Waals surface area contributed by atoms with Crippen LogP contribution in [0.5, 0.6) is 5.75 Å². The molecule has 2 atom stereocenters. The van der Waals surface area contributed by atoms with E-state index in [1.807, 2.05) is 0 Å². The van der Waals surface area contributed by atoms with E-state index in [0.29, 0.717) is 24.3 Å². The first kappa shape index (κ1) is 32.0. The highest BCUT2D eigenvalue weighted by atomic mass is 19.4. The molecule has 4 rings (SSSR count). The van der Waals surface area contributed by atoms with E-state index in [1.165, 1.54) is 13.0 Å². The second kappa shape index (κ2) is 10.9. The van der Waals surface area contributed by atoms with Crippen LogP contribution in [0, 0.1) is 5.82 Å². The number of phenols is 1. The maximum Gasteiger partial charge on any atom is 0.416 e. The van der Waals surface area contributed by atoms with E-state index < -0.39 is 77.1 Å². The molecule has 43 heavy (non-hydrogen) atoms. The van der Waals surface area contributed by atoms with E-state index in [0.717, 1.165) is 17.0 Å². The fraction of sp³-hybridized carbons (Fsp3) is 0.345. The van der Waals surface area contributed by atoms with Gasteiger partial charge in [-0.2, -0.15) is 39.5 Å². The molecule has 0 aromatic heterocycles. The van der Waals surface area contributed by atoms with Crippen molar-refractivity contribution in [3.05, 3.63) is 87.7 Å². The SMILES string of the molecule is CC(C)c1cc(-c2ccc(C(F)(F)F)cc2CN2C(=O)O[C@H](c3cc(C(F)(F)F)cc(C(F)(F)F)c3)[C@@H]2C)c(O)cc1F. The largest absolute Gasteiger partial charge is 0.507 e. The van der Waals surface area contributed by atoms with Crippen molar-refractivity contribution in [2.24, 2.45) is 0 Å². The normalized spacial score (nSPS) is 18.0. The van der Waals surface area contributed by atoms with Crippen LogP contribution in [0.3, 0.4) is 0 Å². The zero-order valence-electron chi connectivity index (χ0n) is 22.5. The summed E-state index contributed by atoms with van der Waals surface area (Å²) in [5.41, 5.74) is -5.16. The Balaban J connectivity index is 1.80. The smallest absolute Gasteiger partial charge is 0.416 e. The minimum atomic E-state index is -5.17. The van der Waals surface area contributed by atoms with E-state index in [4.69, 9.17) is 4.74 Å². The second-order valence-electron chi connectivity index (χ2n) is 10.4. The summed E-state index contributed by atoms with van der Waals surface area (Å²) in [5, 5.41) is 10.5. The Morgan fingerprint density at radius 2 is 1.37 bits per heavy atom. The third kappa shape index (κ3) is 6.52. The van der Waals surface area contributed by atoms with E-state index in [9.17, 15) is 53.8 Å². The van der Waals surface area contributed by atoms with Crippen LogP contribution in [0.25, 0.3) is 11.1 Å². The van der Waals surface area contributed by atoms with Crippen LogP contribution < -0.4 is 0 Å². The molecule has 1 aliphatic heterocycles. The zero-order chi connectivity index (χ0) is 32.2. The topological polar surface area (TPSA) is 49.8 Å². The summed E-state index contributed by atoms with van der Waals surface area (Å²) in [7, 11) is 0. The van der Waals surface area contributed by atoms with E-state index in [-0.39, 0.29) is 34.2 Å². The minimum absolute atomic E-state index is 0.0192. The van der Waals surface area contributed by atoms with Crippen molar-refractivity contribution in [1.82, 2.24) is 4.90 Å². The summed E-state index contributed by atoms with van der Waals surface area (Å²) in [6, 6.07) is 3.95. The Kier molecular flexibility index (Phi) is 8.13. The highest BCUT2D eigenvalue weighted by Crippen LogP contribution is 2.43. The van der Waals surface area contributed by atoms with Crippen molar-refractivity contribution in [2.75, 3.05) is 0 Å². The molecule has 3 aromatic rings. The van der Waals surface area contributed by atoms with Crippen molar-refractivity contribution in [3.63, 3.8) is 0 Å². The Morgan fingerprint density at radius 1 is 0.814 bits per heavy atom. The number of hydrogen-bond donors (Lipinski definition) is 1. The maximum absolute atomic E-state index is 14.4. The molecule has 1 fully saturated rings. The van der Waals surface area contributed by atoms with Crippen LogP contribution in [0.2, 0.25) is 0 Å². The van der Waals surface area contributed by atoms with Crippen molar-refractivity contribution < 1.29 is 58.5 Å². The van der Waals surface area contributed by atoms with E-state index in [2.05, 4.69) is 0 Å². The number of nitrogens with zero attached hydrogens (tertiary/aromatic N) is 1. The number of aromatic hydroxyl groups is 1. The predicted molar refractivity (Wildman–Crippen MR) is 133 cm³/mol. The molecule has 0 aliphatic carbocycles. The molecule has 0 bridgehead atoms. The number of alkyl halides is 9. The molecule has 1 amide bonds. The van der Waals surface area contributed by atoms with Crippen molar-refractivity contribution >= 4 is 6.09 Å². The number of cyclic esters (lactones) is 1. The monoisotopic (exact) mass is 623 g/mol. The lowest BCUT2D eigenvalue weighted by atomic mass is 9.92. The Morgan fingerprint density at radius 3 is 1.88 bits per heavy atom. The lowest BCUT2D eigenvalue weighted by Crippen LogP contribution is -2.32. The number of ether oxygens (including phenoxy) is 1. The Bertz CT molecular complexity index is 1510. The number of carbonyl (C=O) groups excluding carboxylic acids is 1. The third-order valence-electron chi connectivity index (χ3n) is 7.13. The molecular formula is C29H23F10NO3. The van der Waals surface area contributed by atoms with Crippen LogP contribution in [-0.2, 0) is 29.8 Å². The summed E-state index contributed by atoms with van der Waals surface area (Å²) in [5.74, 6) is -1.76. The summed E-state index contributed by atoms with van der Waals surface area (Å²) in [4.78, 5) is 13.7. The lowest BCUT2D eigenvalue weighted by Gasteiger charge is -2.24. The van der Waals surface area contributed by atoms with Gasteiger partial charge in [-0.25, -0.2) is 9.18 Å². The highest BCUT2D eigenvalue weighted by molar-refractivity contribution is 5.76. The van der Waals surface area contributed by atoms with Crippen molar-refractivity contribution in [2.45, 2.75) is 63.9 Å². The van der Waals surface area contributed by atoms with Gasteiger partial charge in [0.25, 0.3) is 0 Å². The molecule has 0 saturated carbocycles. The molecule has 1 aliphatic rings. The van der Waals surface area contributed by atoms with Crippen LogP contribution in [-0.4, -0.2) is 22.1 Å². The van der Waals surface area contributed by atoms with Crippen LogP contribution in [0.4, 0.5) is 48.7 Å². The van der Waals surface area contributed by atoms with Gasteiger partial charge < -0.3 is 9.84 Å². The Labute approximate surface area is 238 Å². The molecule has 232 valence electrons. The minimum Gasteiger partial charge on any atom is -0.507 e. The predicted octanol–water partition coefficient (Wildman–Crippen LogP) is 9.46. The molecule has 0 radical (unpaired) electrons. The zero-order valence-corrected chi connectivity index (χ0v) is 22.5. The number of benzene rings is 3. The maximum atomic E-state index is 14.4. The van der Waals surface area contributed by atoms with Gasteiger partial charge in [0, 0.05) is 11.6 Å². The molecule has 1 saturated heterocycles. The fourth-order valence-corrected chi connectivity index (χ4v) is 4.89. The molecular weight excluding hydrogens is 600 g/mol. The van der Waals surface area contributed by atoms with E-state index in [1.54, 1.807) is 13.8 Å². The van der Waals surface area contributed by atoms with Crippen molar-refractivity contribution in [3.8, 4) is 16.9 Å². The average molecular weight is 623 g/mol. The molecule has 0 unspecified atom stereocenters. The van der Waals surface area contributed by atoms with Crippen molar-refractivity contribution in [1.29, 1.82) is 0 Å². The van der Waals surface area contributed by atoms with Crippen LogP contribution in [0.1, 0.15) is 66.2 Å². The van der Waals surface area contributed by atoms with Gasteiger partial charge in [-0.05, 0) is 71.5 Å². The quantitative estimate of drug-likeness (QED) is 0.288. The number of hydrogen-bond acceptors (Lipinski definition) is 3. The summed E-state index contributed by atoms with van der Waals surface area (Å²) < 4.78 is 141. The fourth-order valence-electron chi connectivity index (χ4n) is 4.89. The van der Waals surface area contributed by atoms with Crippen LogP contribution in [0.15, 0.2) is 48.5 Å². The van der Waals surface area contributed by atoms with Gasteiger partial charge >= 0.3 is 24.6 Å². The standard InChI is InChI=1S/C29H23F10NO3/c1-13(2)21-10-22(24(41)11-23(21)30)20-5-4-17(27(31,32)33)8-16(20)12-40-14(3)25(43-26(40)42)15-6-18(28(34,35)36)9-19(7-15)29(37,38)39/h4-11,13-14,25,41H,12H2,1-3H3/t14-,25-/m0/s1. The van der Waals surface area contributed by atoms with Gasteiger partial charge in [-0.1, -0.05) is 19.9 Å². The Hall–Kier alpha value is -3.97. The molecule has 1 N–H and O–H groups in total. The number of phenolic OH excluding ortho intramolecular Hbond substituents is 1. The summed E-state index contributed by atoms with van der Waals surface area (Å²) in [6.45, 7) is 3.90. The number of carbonyl (C=O) groups is 1. The van der Waals surface area contributed by atoms with Gasteiger partial charge in [0.05, 0.1) is 29.3 Å². The number of amides is 1. The first-order valence-electron chi connectivity index (χ1n) is 12.7. The molecule has 14 heteroatoms. The van der Waals surface area contributed by atoms with Gasteiger partial charge in [0.15, 0.2) is 0 Å². The molecule has 3 aromatic carbocycles. The van der Waals surface area contributed by atoms with Gasteiger partial charge in [-0.3, -0.25) is 4.90 Å². The highest BCUT2D eigenvalue weighted by Gasteiger charge is 2.44. The summed E-state index contributed by atoms with van der Waals surface area (Å²) >= 11 is 0. The molecule has 1 heterocycles. The number of halogens is 10. The van der Waals surface area contributed by atoms with Gasteiger partial charge in [0.2, 0.25) is 0 Å². The first-order valence-corrected chi connectivity index (χ1v) is 12.7. The average Bonchev–Trinajstić information content (AvgIpc) is 3.15. The molecule has 4 nitrogen and oxygen atoms in total. The molecule has 0 spiro atoms.